The summed E-state index contributed by atoms with van der Waals surface area (Å²) in [4.78, 5) is 3.97. The number of rotatable bonds is 7. The third kappa shape index (κ3) is 4.35. The highest BCUT2D eigenvalue weighted by atomic mass is 79.9. The first-order chi connectivity index (χ1) is 11.0. The summed E-state index contributed by atoms with van der Waals surface area (Å²) in [6.45, 7) is 4.36. The number of nitrogens with one attached hydrogen (secondary N) is 1. The van der Waals surface area contributed by atoms with Crippen LogP contribution in [0.2, 0.25) is 0 Å². The number of hydrogen-bond donors (Lipinski definition) is 1. The van der Waals surface area contributed by atoms with Crippen LogP contribution < -0.4 is 14.2 Å². The molecule has 0 aliphatic carbocycles. The molecule has 0 aliphatic rings. The maximum atomic E-state index is 12.7. The van der Waals surface area contributed by atoms with Crippen LogP contribution in [0.4, 0.5) is 5.82 Å². The van der Waals surface area contributed by atoms with Gasteiger partial charge in [-0.05, 0) is 48.0 Å². The van der Waals surface area contributed by atoms with Crippen molar-refractivity contribution in [3.05, 3.63) is 41.0 Å². The molecule has 2 rings (SSSR count). The zero-order chi connectivity index (χ0) is 16.9. The molecule has 0 aliphatic heterocycles. The fourth-order valence-corrected chi connectivity index (χ4v) is 3.46. The monoisotopic (exact) mass is 400 g/mol. The lowest BCUT2D eigenvalue weighted by Crippen LogP contribution is -2.15. The lowest BCUT2D eigenvalue weighted by atomic mass is 10.3. The largest absolute Gasteiger partial charge is 0.493 e. The van der Waals surface area contributed by atoms with E-state index in [4.69, 9.17) is 9.47 Å². The van der Waals surface area contributed by atoms with E-state index in [2.05, 4.69) is 25.6 Å². The molecule has 0 saturated carbocycles. The molecule has 0 amide bonds. The maximum absolute atomic E-state index is 12.7. The lowest BCUT2D eigenvalue weighted by molar-refractivity contribution is 0.321. The normalized spacial score (nSPS) is 11.1. The average molecular weight is 401 g/mol. The first-order valence-corrected chi connectivity index (χ1v) is 9.28. The van der Waals surface area contributed by atoms with Crippen LogP contribution in [0.5, 0.6) is 11.5 Å². The second kappa shape index (κ2) is 7.65. The van der Waals surface area contributed by atoms with Gasteiger partial charge >= 0.3 is 0 Å². The third-order valence-corrected chi connectivity index (χ3v) is 4.79. The molecule has 1 N–H and O–H groups in total. The van der Waals surface area contributed by atoms with E-state index in [0.29, 0.717) is 23.4 Å². The van der Waals surface area contributed by atoms with Crippen molar-refractivity contribution in [2.75, 3.05) is 17.9 Å². The SMILES string of the molecule is CCOc1cc(S(=O)(=O)Nc2ccccn2)c(OCC)cc1Br. The van der Waals surface area contributed by atoms with E-state index in [0.717, 1.165) is 0 Å². The van der Waals surface area contributed by atoms with Crippen LogP contribution in [0.25, 0.3) is 0 Å². The first kappa shape index (κ1) is 17.6. The van der Waals surface area contributed by atoms with Gasteiger partial charge in [0, 0.05) is 12.3 Å². The van der Waals surface area contributed by atoms with E-state index in [1.54, 1.807) is 31.2 Å². The Bertz CT molecular complexity index is 767. The van der Waals surface area contributed by atoms with Crippen LogP contribution in [0, 0.1) is 0 Å². The standard InChI is InChI=1S/C15H17BrN2O4S/c1-3-21-12-10-14(13(22-4-2)9-11(12)16)23(19,20)18-15-7-5-6-8-17-15/h5-10H,3-4H2,1-2H3,(H,17,18). The molecule has 0 unspecified atom stereocenters. The first-order valence-electron chi connectivity index (χ1n) is 7.01. The molecule has 23 heavy (non-hydrogen) atoms. The van der Waals surface area contributed by atoms with Gasteiger partial charge in [-0.15, -0.1) is 0 Å². The molecule has 0 saturated heterocycles. The summed E-state index contributed by atoms with van der Waals surface area (Å²) in [5, 5.41) is 0. The summed E-state index contributed by atoms with van der Waals surface area (Å²) in [6.07, 6.45) is 1.51. The molecule has 2 aromatic rings. The Morgan fingerprint density at radius 3 is 2.43 bits per heavy atom. The van der Waals surface area contributed by atoms with Gasteiger partial charge in [-0.1, -0.05) is 6.07 Å². The van der Waals surface area contributed by atoms with Gasteiger partial charge in [-0.3, -0.25) is 4.72 Å². The number of pyridine rings is 1. The van der Waals surface area contributed by atoms with Gasteiger partial charge in [0.05, 0.1) is 17.7 Å². The van der Waals surface area contributed by atoms with Crippen LogP contribution >= 0.6 is 15.9 Å². The number of sulfonamides is 1. The summed E-state index contributed by atoms with van der Waals surface area (Å²) in [6, 6.07) is 7.99. The highest BCUT2D eigenvalue weighted by molar-refractivity contribution is 9.10. The zero-order valence-corrected chi connectivity index (χ0v) is 15.1. The fourth-order valence-electron chi connectivity index (χ4n) is 1.88. The minimum atomic E-state index is -3.86. The number of anilines is 1. The van der Waals surface area contributed by atoms with Gasteiger partial charge in [0.25, 0.3) is 10.0 Å². The van der Waals surface area contributed by atoms with Gasteiger partial charge in [0.15, 0.2) is 0 Å². The molecule has 0 fully saturated rings. The smallest absolute Gasteiger partial charge is 0.266 e. The predicted octanol–water partition coefficient (Wildman–Crippen LogP) is 3.44. The van der Waals surface area contributed by atoms with E-state index in [1.807, 2.05) is 6.92 Å². The molecule has 0 bridgehead atoms. The van der Waals surface area contributed by atoms with E-state index >= 15 is 0 Å². The number of ether oxygens (including phenoxy) is 2. The van der Waals surface area contributed by atoms with E-state index in [1.165, 1.54) is 12.3 Å². The molecular formula is C15H17BrN2O4S. The summed E-state index contributed by atoms with van der Waals surface area (Å²) < 4.78 is 39.3. The second-order valence-corrected chi connectivity index (χ2v) is 6.92. The van der Waals surface area contributed by atoms with Crippen molar-refractivity contribution in [1.29, 1.82) is 0 Å². The van der Waals surface area contributed by atoms with Crippen molar-refractivity contribution in [3.63, 3.8) is 0 Å². The molecule has 1 aromatic carbocycles. The molecule has 0 spiro atoms. The third-order valence-electron chi connectivity index (χ3n) is 2.79. The molecular weight excluding hydrogens is 384 g/mol. The van der Waals surface area contributed by atoms with Crippen LogP contribution in [0.3, 0.4) is 0 Å². The predicted molar refractivity (Wildman–Crippen MR) is 91.5 cm³/mol. The summed E-state index contributed by atoms with van der Waals surface area (Å²) in [7, 11) is -3.86. The quantitative estimate of drug-likeness (QED) is 0.769. The van der Waals surface area contributed by atoms with Crippen molar-refractivity contribution in [1.82, 2.24) is 4.98 Å². The van der Waals surface area contributed by atoms with Gasteiger partial charge in [0.2, 0.25) is 0 Å². The Balaban J connectivity index is 2.48. The Morgan fingerprint density at radius 2 is 1.83 bits per heavy atom. The van der Waals surface area contributed by atoms with Crippen LogP contribution in [-0.2, 0) is 10.0 Å². The van der Waals surface area contributed by atoms with E-state index < -0.39 is 10.0 Å². The van der Waals surface area contributed by atoms with Crippen LogP contribution in [-0.4, -0.2) is 26.6 Å². The topological polar surface area (TPSA) is 77.5 Å². The maximum Gasteiger partial charge on any atom is 0.266 e. The number of halogens is 1. The number of hydrogen-bond acceptors (Lipinski definition) is 5. The highest BCUT2D eigenvalue weighted by Gasteiger charge is 2.23. The molecule has 0 atom stereocenters. The van der Waals surface area contributed by atoms with Gasteiger partial charge in [-0.2, -0.15) is 0 Å². The molecule has 124 valence electrons. The van der Waals surface area contributed by atoms with Crippen LogP contribution in [0.15, 0.2) is 45.9 Å². The van der Waals surface area contributed by atoms with Crippen molar-refractivity contribution in [3.8, 4) is 11.5 Å². The fraction of sp³-hybridized carbons (Fsp3) is 0.267. The summed E-state index contributed by atoms with van der Waals surface area (Å²) in [5.41, 5.74) is 0. The van der Waals surface area contributed by atoms with Gasteiger partial charge in [-0.25, -0.2) is 13.4 Å². The number of benzene rings is 1. The summed E-state index contributed by atoms with van der Waals surface area (Å²) in [5.74, 6) is 0.902. The highest BCUT2D eigenvalue weighted by Crippen LogP contribution is 2.36. The van der Waals surface area contributed by atoms with Crippen LogP contribution in [0.1, 0.15) is 13.8 Å². The lowest BCUT2D eigenvalue weighted by Gasteiger charge is -2.15. The number of nitrogens with zero attached hydrogens (tertiary/aromatic N) is 1. The molecule has 6 nitrogen and oxygen atoms in total. The minimum Gasteiger partial charge on any atom is -0.493 e. The van der Waals surface area contributed by atoms with Crippen molar-refractivity contribution in [2.24, 2.45) is 0 Å². The van der Waals surface area contributed by atoms with Gasteiger partial charge in [0.1, 0.15) is 22.2 Å². The summed E-state index contributed by atoms with van der Waals surface area (Å²) >= 11 is 3.35. The number of aromatic nitrogens is 1. The zero-order valence-electron chi connectivity index (χ0n) is 12.7. The van der Waals surface area contributed by atoms with E-state index in [9.17, 15) is 8.42 Å². The molecule has 0 radical (unpaired) electrons. The van der Waals surface area contributed by atoms with Gasteiger partial charge < -0.3 is 9.47 Å². The second-order valence-electron chi connectivity index (χ2n) is 4.42. The minimum absolute atomic E-state index is 0.00310. The van der Waals surface area contributed by atoms with Crippen molar-refractivity contribution < 1.29 is 17.9 Å². The van der Waals surface area contributed by atoms with E-state index in [-0.39, 0.29) is 16.5 Å². The molecule has 8 heteroatoms. The average Bonchev–Trinajstić information content (AvgIpc) is 2.50. The Kier molecular flexibility index (Phi) is 5.84. The Morgan fingerprint density at radius 1 is 1.13 bits per heavy atom. The Hall–Kier alpha value is -1.80. The molecule has 1 aromatic heterocycles. The van der Waals surface area contributed by atoms with Crippen molar-refractivity contribution in [2.45, 2.75) is 18.7 Å². The molecule has 1 heterocycles. The van der Waals surface area contributed by atoms with Crippen molar-refractivity contribution >= 4 is 31.8 Å². The Labute approximate surface area is 144 Å².